The van der Waals surface area contributed by atoms with Gasteiger partial charge in [0.2, 0.25) is 5.89 Å². The van der Waals surface area contributed by atoms with E-state index in [1.165, 1.54) is 19.3 Å². The van der Waals surface area contributed by atoms with Gasteiger partial charge in [0.1, 0.15) is 6.04 Å². The number of aliphatic hydroxyl groups excluding tert-OH is 1. The number of urea groups is 1. The summed E-state index contributed by atoms with van der Waals surface area (Å²) in [5, 5.41) is 16.3. The maximum atomic E-state index is 12.4. The van der Waals surface area contributed by atoms with E-state index < -0.39 is 0 Å². The molecule has 0 aromatic carbocycles. The molecule has 1 aliphatic heterocycles. The summed E-state index contributed by atoms with van der Waals surface area (Å²) in [7, 11) is 0. The normalized spacial score (nSPS) is 23.9. The number of carbonyl (C=O) groups excluding carboxylic acids is 1. The lowest BCUT2D eigenvalue weighted by Gasteiger charge is -2.32. The Labute approximate surface area is 142 Å². The molecule has 24 heavy (non-hydrogen) atoms. The van der Waals surface area contributed by atoms with Gasteiger partial charge in [-0.3, -0.25) is 0 Å². The van der Waals surface area contributed by atoms with Crippen LogP contribution in [0.3, 0.4) is 0 Å². The van der Waals surface area contributed by atoms with E-state index in [0.29, 0.717) is 18.4 Å². The summed E-state index contributed by atoms with van der Waals surface area (Å²) in [6, 6.07) is -0.435. The van der Waals surface area contributed by atoms with Crippen molar-refractivity contribution in [3.05, 3.63) is 11.7 Å². The first-order valence-electron chi connectivity index (χ1n) is 9.17. The van der Waals surface area contributed by atoms with Crippen LogP contribution in [0.15, 0.2) is 4.52 Å². The average molecular weight is 336 g/mol. The third-order valence-electron chi connectivity index (χ3n) is 5.20. The maximum absolute atomic E-state index is 12.4. The summed E-state index contributed by atoms with van der Waals surface area (Å²) in [5.74, 6) is 1.83. The summed E-state index contributed by atoms with van der Waals surface area (Å²) in [4.78, 5) is 18.7. The Hall–Kier alpha value is -1.63. The number of piperidine rings is 1. The summed E-state index contributed by atoms with van der Waals surface area (Å²) in [6.07, 6.45) is 7.89. The Kier molecular flexibility index (Phi) is 5.71. The number of likely N-dealkylation sites (tertiary alicyclic amines) is 1. The maximum Gasteiger partial charge on any atom is 0.318 e. The number of rotatable bonds is 4. The van der Waals surface area contributed by atoms with Gasteiger partial charge in [-0.05, 0) is 38.5 Å². The average Bonchev–Trinajstić information content (AvgIpc) is 3.13. The molecule has 2 atom stereocenters. The van der Waals surface area contributed by atoms with Crippen molar-refractivity contribution in [2.45, 2.75) is 63.8 Å². The fourth-order valence-corrected chi connectivity index (χ4v) is 3.69. The molecule has 3 rings (SSSR count). The van der Waals surface area contributed by atoms with Crippen LogP contribution in [-0.2, 0) is 0 Å². The largest absolute Gasteiger partial charge is 0.396 e. The van der Waals surface area contributed by atoms with Gasteiger partial charge in [-0.25, -0.2) is 4.79 Å². The number of amides is 2. The highest BCUT2D eigenvalue weighted by atomic mass is 16.5. The van der Waals surface area contributed by atoms with Crippen LogP contribution in [0.4, 0.5) is 4.79 Å². The lowest BCUT2D eigenvalue weighted by Crippen LogP contribution is -2.46. The van der Waals surface area contributed by atoms with Gasteiger partial charge in [-0.15, -0.1) is 0 Å². The third-order valence-corrected chi connectivity index (χ3v) is 5.20. The molecule has 7 nitrogen and oxygen atoms in total. The number of nitrogens with one attached hydrogen (secondary N) is 1. The van der Waals surface area contributed by atoms with Crippen LogP contribution in [0.25, 0.3) is 0 Å². The third kappa shape index (κ3) is 4.06. The minimum absolute atomic E-state index is 0.127. The first kappa shape index (κ1) is 17.2. The zero-order chi connectivity index (χ0) is 16.9. The van der Waals surface area contributed by atoms with Crippen molar-refractivity contribution in [2.75, 3.05) is 19.7 Å². The molecule has 1 aromatic rings. The van der Waals surface area contributed by atoms with Crippen molar-refractivity contribution < 1.29 is 14.4 Å². The predicted molar refractivity (Wildman–Crippen MR) is 88.5 cm³/mol. The molecule has 2 fully saturated rings. The van der Waals surface area contributed by atoms with Gasteiger partial charge in [0, 0.05) is 25.6 Å². The van der Waals surface area contributed by atoms with Gasteiger partial charge in [0.25, 0.3) is 0 Å². The van der Waals surface area contributed by atoms with Crippen molar-refractivity contribution in [3.63, 3.8) is 0 Å². The number of aliphatic hydroxyl groups is 1. The highest BCUT2D eigenvalue weighted by molar-refractivity contribution is 5.74. The molecule has 2 unspecified atom stereocenters. The molecule has 7 heteroatoms. The summed E-state index contributed by atoms with van der Waals surface area (Å²) in [6.45, 7) is 3.33. The van der Waals surface area contributed by atoms with E-state index in [9.17, 15) is 9.90 Å². The standard InChI is InChI=1S/C17H28N4O3/c1-12(18-17(23)21-9-5-6-13(10-21)11-22)16-19-15(20-24-16)14-7-3-2-4-8-14/h12-14,22H,2-11H2,1H3,(H,18,23). The fourth-order valence-electron chi connectivity index (χ4n) is 3.69. The van der Waals surface area contributed by atoms with E-state index in [1.807, 2.05) is 6.92 Å². The van der Waals surface area contributed by atoms with E-state index in [4.69, 9.17) is 4.52 Å². The Morgan fingerprint density at radius 1 is 1.33 bits per heavy atom. The van der Waals surface area contributed by atoms with Crippen LogP contribution < -0.4 is 5.32 Å². The molecule has 0 radical (unpaired) electrons. The molecular weight excluding hydrogens is 308 g/mol. The van der Waals surface area contributed by atoms with Crippen LogP contribution >= 0.6 is 0 Å². The molecule has 1 saturated heterocycles. The van der Waals surface area contributed by atoms with Crippen LogP contribution in [0.5, 0.6) is 0 Å². The first-order valence-corrected chi connectivity index (χ1v) is 9.17. The quantitative estimate of drug-likeness (QED) is 0.882. The zero-order valence-electron chi connectivity index (χ0n) is 14.4. The van der Waals surface area contributed by atoms with Crippen LogP contribution in [0.1, 0.15) is 75.5 Å². The fraction of sp³-hybridized carbons (Fsp3) is 0.824. The summed E-state index contributed by atoms with van der Waals surface area (Å²) in [5.41, 5.74) is 0. The molecule has 1 aliphatic carbocycles. The van der Waals surface area contributed by atoms with Gasteiger partial charge in [0.15, 0.2) is 5.82 Å². The van der Waals surface area contributed by atoms with Gasteiger partial charge in [0.05, 0.1) is 0 Å². The molecule has 2 N–H and O–H groups in total. The molecule has 1 aromatic heterocycles. The van der Waals surface area contributed by atoms with Crippen LogP contribution in [-0.4, -0.2) is 45.9 Å². The topological polar surface area (TPSA) is 91.5 Å². The summed E-state index contributed by atoms with van der Waals surface area (Å²) < 4.78 is 5.38. The lowest BCUT2D eigenvalue weighted by atomic mass is 9.89. The second-order valence-electron chi connectivity index (χ2n) is 7.13. The highest BCUT2D eigenvalue weighted by Gasteiger charge is 2.27. The van der Waals surface area contributed by atoms with E-state index in [2.05, 4.69) is 15.5 Å². The van der Waals surface area contributed by atoms with Crippen molar-refractivity contribution in [2.24, 2.45) is 5.92 Å². The van der Waals surface area contributed by atoms with Crippen molar-refractivity contribution in [3.8, 4) is 0 Å². The van der Waals surface area contributed by atoms with Gasteiger partial charge in [-0.1, -0.05) is 24.4 Å². The van der Waals surface area contributed by atoms with Crippen LogP contribution in [0.2, 0.25) is 0 Å². The molecule has 0 bridgehead atoms. The predicted octanol–water partition coefficient (Wildman–Crippen LogP) is 2.59. The molecule has 2 aliphatic rings. The molecule has 1 saturated carbocycles. The Bertz CT molecular complexity index is 542. The second kappa shape index (κ2) is 7.96. The van der Waals surface area contributed by atoms with E-state index in [0.717, 1.165) is 38.1 Å². The monoisotopic (exact) mass is 336 g/mol. The minimum atomic E-state index is -0.308. The number of hydrogen-bond donors (Lipinski definition) is 2. The molecule has 2 heterocycles. The number of nitrogens with zero attached hydrogens (tertiary/aromatic N) is 3. The smallest absolute Gasteiger partial charge is 0.318 e. The molecule has 0 spiro atoms. The Morgan fingerprint density at radius 2 is 2.12 bits per heavy atom. The van der Waals surface area contributed by atoms with Gasteiger partial charge >= 0.3 is 6.03 Å². The van der Waals surface area contributed by atoms with Gasteiger partial charge < -0.3 is 19.8 Å². The molecular formula is C17H28N4O3. The zero-order valence-corrected chi connectivity index (χ0v) is 14.4. The lowest BCUT2D eigenvalue weighted by molar-refractivity contribution is 0.127. The number of carbonyl (C=O) groups is 1. The van der Waals surface area contributed by atoms with E-state index in [-0.39, 0.29) is 24.6 Å². The number of aromatic nitrogens is 2. The molecule has 134 valence electrons. The highest BCUT2D eigenvalue weighted by Crippen LogP contribution is 2.31. The molecule has 2 amide bonds. The Balaban J connectivity index is 1.55. The van der Waals surface area contributed by atoms with Crippen molar-refractivity contribution >= 4 is 6.03 Å². The van der Waals surface area contributed by atoms with Crippen LogP contribution in [0, 0.1) is 5.92 Å². The van der Waals surface area contributed by atoms with E-state index >= 15 is 0 Å². The Morgan fingerprint density at radius 3 is 2.88 bits per heavy atom. The SMILES string of the molecule is CC(NC(=O)N1CCCC(CO)C1)c1nc(C2CCCCC2)no1. The van der Waals surface area contributed by atoms with E-state index in [1.54, 1.807) is 4.90 Å². The van der Waals surface area contributed by atoms with Crippen molar-refractivity contribution in [1.82, 2.24) is 20.4 Å². The second-order valence-corrected chi connectivity index (χ2v) is 7.13. The first-order chi connectivity index (χ1) is 11.7. The number of hydrogen-bond acceptors (Lipinski definition) is 5. The van der Waals surface area contributed by atoms with Gasteiger partial charge in [-0.2, -0.15) is 4.98 Å². The van der Waals surface area contributed by atoms with Crippen molar-refractivity contribution in [1.29, 1.82) is 0 Å². The minimum Gasteiger partial charge on any atom is -0.396 e. The summed E-state index contributed by atoms with van der Waals surface area (Å²) >= 11 is 0.